The number of aryl methyl sites for hydroxylation is 1. The maximum Gasteiger partial charge on any atom is 0.258 e. The number of carbonyl (C=O) groups excluding carboxylic acids is 3. The maximum atomic E-state index is 13.3. The first-order chi connectivity index (χ1) is 17.8. The fourth-order valence-corrected chi connectivity index (χ4v) is 4.53. The molecule has 2 unspecified atom stereocenters. The molecule has 2 aromatic rings. The summed E-state index contributed by atoms with van der Waals surface area (Å²) in [6.45, 7) is 11.3. The molecular weight excluding hydrogens is 691 g/mol. The topological polar surface area (TPSA) is 112 Å². The van der Waals surface area contributed by atoms with Crippen molar-refractivity contribution in [2.24, 2.45) is 5.41 Å². The predicted molar refractivity (Wildman–Crippen MR) is 149 cm³/mol. The summed E-state index contributed by atoms with van der Waals surface area (Å²) in [7, 11) is 2.19. The van der Waals surface area contributed by atoms with Gasteiger partial charge in [0.05, 0.1) is 22.1 Å². The molecule has 0 spiro atoms. The molecule has 11 heteroatoms. The van der Waals surface area contributed by atoms with Gasteiger partial charge in [-0.3, -0.25) is 9.59 Å². The number of alkyl halides is 1. The number of phenols is 1. The van der Waals surface area contributed by atoms with Gasteiger partial charge in [-0.2, -0.15) is 0 Å². The van der Waals surface area contributed by atoms with Gasteiger partial charge >= 0.3 is 0 Å². The second kappa shape index (κ2) is 15.6. The van der Waals surface area contributed by atoms with Crippen LogP contribution in [0.25, 0.3) is 10.4 Å². The average molecular weight is 733 g/mol. The number of phenolic OH excluding ortho intramolecular Hbond substituents is 1. The Labute approximate surface area is 249 Å². The average Bonchev–Trinajstić information content (AvgIpc) is 3.29. The van der Waals surface area contributed by atoms with Crippen LogP contribution < -0.4 is 10.6 Å². The number of hydrogen-bond acceptors (Lipinski definition) is 7. The predicted octanol–water partition coefficient (Wildman–Crippen LogP) is 4.39. The van der Waals surface area contributed by atoms with E-state index in [9.17, 15) is 23.9 Å². The normalized spacial score (nSPS) is 18.2. The van der Waals surface area contributed by atoms with Crippen LogP contribution in [0.5, 0.6) is 5.75 Å². The molecule has 1 aromatic carbocycles. The Hall–Kier alpha value is -2.16. The molecule has 1 aliphatic heterocycles. The van der Waals surface area contributed by atoms with Crippen LogP contribution in [-0.4, -0.2) is 64.9 Å². The number of halogens is 1. The molecule has 1 saturated heterocycles. The number of aromatic nitrogens is 1. The Morgan fingerprint density at radius 2 is 2.00 bits per heavy atom. The van der Waals surface area contributed by atoms with E-state index in [0.717, 1.165) is 22.2 Å². The summed E-state index contributed by atoms with van der Waals surface area (Å²) in [5.41, 5.74) is 2.30. The van der Waals surface area contributed by atoms with Crippen LogP contribution in [-0.2, 0) is 42.0 Å². The molecule has 2 fully saturated rings. The number of benzene rings is 1. The monoisotopic (exact) mass is 732 g/mol. The summed E-state index contributed by atoms with van der Waals surface area (Å²) in [5.74, 6) is -0.464. The maximum absolute atomic E-state index is 13.3. The van der Waals surface area contributed by atoms with Gasteiger partial charge < -0.3 is 25.4 Å². The summed E-state index contributed by atoms with van der Waals surface area (Å²) >= 11 is 1.54. The van der Waals surface area contributed by atoms with Crippen LogP contribution >= 0.6 is 11.3 Å². The second-order valence-corrected chi connectivity index (χ2v) is 11.9. The van der Waals surface area contributed by atoms with E-state index in [1.807, 2.05) is 33.8 Å². The Kier molecular flexibility index (Phi) is 13.9. The van der Waals surface area contributed by atoms with E-state index in [0.29, 0.717) is 24.8 Å². The first kappa shape index (κ1) is 34.9. The minimum Gasteiger partial charge on any atom is -0.508 e. The summed E-state index contributed by atoms with van der Waals surface area (Å²) in [4.78, 5) is 39.8. The fourth-order valence-electron chi connectivity index (χ4n) is 3.72. The zero-order valence-corrected chi connectivity index (χ0v) is 27.4. The number of amides is 2. The number of nitrogens with one attached hydrogen (secondary N) is 2. The first-order valence-corrected chi connectivity index (χ1v) is 13.7. The second-order valence-electron chi connectivity index (χ2n) is 11.0. The largest absolute Gasteiger partial charge is 0.508 e. The number of carbonyl (C=O) groups is 3. The SMILES string of the molecule is CC(C)(C)C(C=O)NC(=O)C1(F)CC1.CC1CCCN1C.Cc1ncsc1-c1ccc(CNC=O)c(O)c1.[W]. The van der Waals surface area contributed by atoms with Gasteiger partial charge in [0.1, 0.15) is 12.0 Å². The zero-order valence-electron chi connectivity index (χ0n) is 23.6. The fraction of sp³-hybridized carbons (Fsp3) is 0.571. The van der Waals surface area contributed by atoms with Crippen LogP contribution in [0, 0.1) is 12.3 Å². The van der Waals surface area contributed by atoms with E-state index in [1.165, 1.54) is 19.4 Å². The van der Waals surface area contributed by atoms with Crippen molar-refractivity contribution in [1.82, 2.24) is 20.5 Å². The quantitative estimate of drug-likeness (QED) is 0.365. The Balaban J connectivity index is 0.000000311. The Morgan fingerprint density at radius 3 is 2.38 bits per heavy atom. The summed E-state index contributed by atoms with van der Waals surface area (Å²) in [6.07, 6.45) is 4.61. The summed E-state index contributed by atoms with van der Waals surface area (Å²) < 4.78 is 13.3. The molecule has 39 heavy (non-hydrogen) atoms. The van der Waals surface area contributed by atoms with E-state index in [-0.39, 0.29) is 45.1 Å². The Bertz CT molecular complexity index is 1080. The van der Waals surface area contributed by atoms with Crippen molar-refractivity contribution >= 4 is 29.9 Å². The molecule has 216 valence electrons. The smallest absolute Gasteiger partial charge is 0.258 e. The van der Waals surface area contributed by atoms with E-state index < -0.39 is 17.6 Å². The van der Waals surface area contributed by atoms with Crippen molar-refractivity contribution in [2.45, 2.75) is 84.6 Å². The third-order valence-electron chi connectivity index (χ3n) is 6.81. The minimum atomic E-state index is -1.70. The molecule has 2 amide bonds. The number of likely N-dealkylation sites (tertiary alicyclic amines) is 1. The van der Waals surface area contributed by atoms with E-state index in [4.69, 9.17) is 0 Å². The molecule has 0 bridgehead atoms. The van der Waals surface area contributed by atoms with Crippen molar-refractivity contribution in [2.75, 3.05) is 13.6 Å². The van der Waals surface area contributed by atoms with Crippen molar-refractivity contribution < 1.29 is 44.9 Å². The van der Waals surface area contributed by atoms with Crippen LogP contribution in [0.15, 0.2) is 23.7 Å². The molecule has 0 radical (unpaired) electrons. The van der Waals surface area contributed by atoms with E-state index in [1.54, 1.807) is 29.0 Å². The van der Waals surface area contributed by atoms with Gasteiger partial charge in [-0.25, -0.2) is 9.37 Å². The van der Waals surface area contributed by atoms with Gasteiger partial charge in [0.15, 0.2) is 5.67 Å². The number of thiazole rings is 1. The number of aromatic hydroxyl groups is 1. The van der Waals surface area contributed by atoms with E-state index >= 15 is 0 Å². The third kappa shape index (κ3) is 10.7. The standard InChI is InChI=1S/C12H12N2O2S.C10H16FNO2.C6H13N.W/c1-8-12(17-7-14-8)9-2-3-10(5-13-6-15)11(16)4-9;1-9(2,3)7(6-13)12-8(14)10(11)4-5-10;1-6-4-3-5-7(6)2;/h2-4,6-7,16H,5H2,1H3,(H,13,15);6-7H,4-5H2,1-3H3,(H,12,14);6H,3-5H2,1-2H3;. The molecule has 1 aromatic heterocycles. The van der Waals surface area contributed by atoms with Crippen molar-refractivity contribution in [1.29, 1.82) is 0 Å². The molecule has 4 rings (SSSR count). The van der Waals surface area contributed by atoms with Gasteiger partial charge in [0.25, 0.3) is 5.91 Å². The number of hydrogen-bond donors (Lipinski definition) is 3. The van der Waals surface area contributed by atoms with Crippen molar-refractivity contribution in [3.63, 3.8) is 0 Å². The molecule has 2 heterocycles. The Morgan fingerprint density at radius 1 is 1.33 bits per heavy atom. The van der Waals surface area contributed by atoms with Crippen LogP contribution in [0.3, 0.4) is 0 Å². The van der Waals surface area contributed by atoms with Crippen LogP contribution in [0.2, 0.25) is 0 Å². The van der Waals surface area contributed by atoms with Crippen LogP contribution in [0.4, 0.5) is 4.39 Å². The number of nitrogens with zero attached hydrogens (tertiary/aromatic N) is 2. The number of rotatable bonds is 7. The third-order valence-corrected chi connectivity index (χ3v) is 7.78. The first-order valence-electron chi connectivity index (χ1n) is 12.9. The van der Waals surface area contributed by atoms with Gasteiger partial charge in [0.2, 0.25) is 6.41 Å². The van der Waals surface area contributed by atoms with Crippen LogP contribution in [0.1, 0.15) is 64.6 Å². The molecule has 2 atom stereocenters. The molecule has 1 saturated carbocycles. The molecule has 3 N–H and O–H groups in total. The summed E-state index contributed by atoms with van der Waals surface area (Å²) in [5, 5.41) is 14.8. The molecule has 2 aliphatic rings. The van der Waals surface area contributed by atoms with Crippen molar-refractivity contribution in [3.05, 3.63) is 35.0 Å². The van der Waals surface area contributed by atoms with Gasteiger partial charge in [0, 0.05) is 39.2 Å². The summed E-state index contributed by atoms with van der Waals surface area (Å²) in [6, 6.07) is 5.65. The molecule has 1 aliphatic carbocycles. The zero-order chi connectivity index (χ0) is 28.5. The molecule has 8 nitrogen and oxygen atoms in total. The minimum absolute atomic E-state index is 0. The van der Waals surface area contributed by atoms with Gasteiger partial charge in [-0.1, -0.05) is 32.9 Å². The number of aldehydes is 1. The van der Waals surface area contributed by atoms with Crippen molar-refractivity contribution in [3.8, 4) is 16.2 Å². The van der Waals surface area contributed by atoms with Gasteiger partial charge in [-0.15, -0.1) is 11.3 Å². The van der Waals surface area contributed by atoms with Gasteiger partial charge in [-0.05, 0) is 70.2 Å². The molecular formula is C28H41FN4O4SW. The van der Waals surface area contributed by atoms with E-state index in [2.05, 4.69) is 34.5 Å².